The monoisotopic (exact) mass is 1880 g/mol. The summed E-state index contributed by atoms with van der Waals surface area (Å²) >= 11 is 6.02. The molecule has 0 amide bonds. The Balaban J connectivity index is 0.000000270. The van der Waals surface area contributed by atoms with Crippen molar-refractivity contribution in [3.05, 3.63) is 206 Å². The maximum atomic E-state index is 13.1. The molecule has 738 valence electrons. The fraction of sp³-hybridized carbons (Fsp3) is 0.593. The normalized spacial score (nSPS) is 14.5. The van der Waals surface area contributed by atoms with Gasteiger partial charge in [0.2, 0.25) is 17.7 Å². The van der Waals surface area contributed by atoms with E-state index in [-0.39, 0.29) is 48.5 Å². The number of pyridine rings is 8. The Hall–Kier alpha value is -9.29. The molecule has 4 aliphatic rings. The molecule has 2 saturated carbocycles. The number of hydrogen-bond donors (Lipinski definition) is 0. The van der Waals surface area contributed by atoms with Crippen molar-refractivity contribution in [1.29, 1.82) is 0 Å². The lowest BCUT2D eigenvalue weighted by atomic mass is 9.78. The lowest BCUT2D eigenvalue weighted by Gasteiger charge is -2.38. The second-order valence-electron chi connectivity index (χ2n) is 37.1. The Labute approximate surface area is 797 Å². The van der Waals surface area contributed by atoms with Crippen molar-refractivity contribution in [2.45, 2.75) is 354 Å². The number of allylic oxidation sites excluding steroid dienone is 2. The van der Waals surface area contributed by atoms with Gasteiger partial charge in [0.15, 0.2) is 11.9 Å². The molecule has 2 atom stereocenters. The number of nitrogens with zero attached hydrogens (tertiary/aromatic N) is 8. The Morgan fingerprint density at radius 3 is 1.23 bits per heavy atom. The molecule has 0 bridgehead atoms. The van der Waals surface area contributed by atoms with Gasteiger partial charge in [-0.1, -0.05) is 181 Å². The maximum absolute atomic E-state index is 13.1. The van der Waals surface area contributed by atoms with Crippen LogP contribution in [-0.4, -0.2) is 130 Å². The quantitative estimate of drug-likeness (QED) is 0.0206. The van der Waals surface area contributed by atoms with Gasteiger partial charge >= 0.3 is 12.3 Å². The van der Waals surface area contributed by atoms with Crippen LogP contribution in [0.5, 0.6) is 52.1 Å². The molecule has 25 heteroatoms. The number of ether oxygens (including phenoxy) is 10. The molecule has 2 unspecified atom stereocenters. The maximum Gasteiger partial charge on any atom is 0.342 e. The summed E-state index contributed by atoms with van der Waals surface area (Å²) in [5, 5.41) is 0.553. The van der Waals surface area contributed by atoms with Crippen LogP contribution in [0.2, 0.25) is 5.02 Å². The Bertz CT molecular complexity index is 4770. The van der Waals surface area contributed by atoms with Crippen molar-refractivity contribution in [3.8, 4) is 52.1 Å². The third-order valence-electron chi connectivity index (χ3n) is 22.9. The van der Waals surface area contributed by atoms with Gasteiger partial charge in [0.05, 0.1) is 74.7 Å². The molecule has 2 fully saturated rings. The SMILES string of the molecule is CCc1nc(C(C)C)ccc1OC(C)C1CC(F)(F)C1.CCc1nc(C(C)C)ccc1OC1CC=CC1.CCc1nc(C(C)C)ccc1OCC1CC=CC1.CCc1nc(C(C)C)ccc1OCC1CCC1.COCCOc1ncc(C(C)C)cc1Cl.COc1ccc(C(C)C)nc1C.COc1nc(C(C)C)ccc1OC(C)C(F)(F)C(F)F.Cc1cc(C(C)C)cnc1OC(C)C. The van der Waals surface area contributed by atoms with E-state index in [1.165, 1.54) is 38.0 Å². The number of methoxy groups -OCH3 is 3. The average Bonchev–Trinajstić information content (AvgIpc) is 1.32. The van der Waals surface area contributed by atoms with Crippen LogP contribution in [0.15, 0.2) is 122 Å². The molecule has 0 spiro atoms. The number of rotatable bonds is 35. The molecule has 4 aliphatic carbocycles. The predicted molar refractivity (Wildman–Crippen MR) is 527 cm³/mol. The topological polar surface area (TPSA) is 195 Å². The highest BCUT2D eigenvalue weighted by molar-refractivity contribution is 6.31. The minimum atomic E-state index is -4.25. The highest BCUT2D eigenvalue weighted by Gasteiger charge is 2.49. The fourth-order valence-electron chi connectivity index (χ4n) is 13.8. The molecular weight excluding hydrogens is 1720 g/mol. The highest BCUT2D eigenvalue weighted by Crippen LogP contribution is 2.45. The van der Waals surface area contributed by atoms with E-state index >= 15 is 0 Å². The molecular formula is C108H157ClF6N8O10. The predicted octanol–water partition coefficient (Wildman–Crippen LogP) is 29.1. The molecule has 0 saturated heterocycles. The lowest BCUT2D eigenvalue weighted by molar-refractivity contribution is -0.178. The molecule has 0 N–H and O–H groups in total. The first-order valence-corrected chi connectivity index (χ1v) is 48.4. The van der Waals surface area contributed by atoms with Gasteiger partial charge in [0.25, 0.3) is 5.88 Å². The first-order chi connectivity index (χ1) is 62.9. The summed E-state index contributed by atoms with van der Waals surface area (Å²) in [6.45, 7) is 55.7. The molecule has 8 heterocycles. The second kappa shape index (κ2) is 57.6. The third kappa shape index (κ3) is 38.4. The lowest BCUT2D eigenvalue weighted by Crippen LogP contribution is -2.43. The summed E-state index contributed by atoms with van der Waals surface area (Å²) in [4.78, 5) is 35.7. The van der Waals surface area contributed by atoms with Gasteiger partial charge in [-0.15, -0.1) is 0 Å². The highest BCUT2D eigenvalue weighted by atomic mass is 35.5. The molecule has 18 nitrogen and oxygen atoms in total. The van der Waals surface area contributed by atoms with Gasteiger partial charge in [-0.05, 0) is 248 Å². The average molecular weight is 1880 g/mol. The van der Waals surface area contributed by atoms with Crippen LogP contribution in [0.25, 0.3) is 0 Å². The number of aryl methyl sites for hydroxylation is 6. The van der Waals surface area contributed by atoms with Gasteiger partial charge in [-0.3, -0.25) is 24.9 Å². The standard InChI is InChI=1S/C16H23F2NO.C16H23NO.C15H23NO.C15H21NO.C13H17F4NO2.C12H19NO.C11H16ClNO2.C10H15NO/c1-5-13-15(7-6-14(19-13)10(2)3)20-11(4)12-8-16(17,18)9-12;1-4-14-16(10-9-15(17-14)12(2)3)18-11-13-7-5-6-8-13;1-4-13-15(17-10-12-6-5-7-12)9-8-14(16-13)11(2)3;1-4-13-15(17-12-7-5-6-8-12)10-9-14(16-13)11(2)3;1-7(2)9-5-6-10(11(18-9)19-4)20-8(3)13(16,17)12(14)15;1-8(2)11-6-10(5)12(13-7-11)14-9(3)4;1-8(2)9-6-10(12)11(13-7-9)15-5-4-14-3;1-7(2)9-5-6-10(12-4)8(3)11-9/h6-7,10-12H,5,8-9H2,1-4H3;5-6,9-10,12-13H,4,7-8,11H2,1-3H3;8-9,11-12H,4-7,10H2,1-3H3;5-6,9-12H,4,7-8H2,1-3H3;5-8,12H,1-4H3;6-9H,1-5H3;6-8H,4-5H2,1-3H3;5-7H,1-4H3. The molecule has 8 aromatic heterocycles. The summed E-state index contributed by atoms with van der Waals surface area (Å²) < 4.78 is 131. The van der Waals surface area contributed by atoms with Crippen LogP contribution in [-0.2, 0) is 30.4 Å². The van der Waals surface area contributed by atoms with Crippen molar-refractivity contribution < 1.29 is 73.7 Å². The van der Waals surface area contributed by atoms with E-state index in [0.29, 0.717) is 83.3 Å². The molecule has 8 aromatic rings. The van der Waals surface area contributed by atoms with Gasteiger partial charge in [-0.2, -0.15) is 8.78 Å². The second-order valence-corrected chi connectivity index (χ2v) is 37.5. The van der Waals surface area contributed by atoms with Crippen molar-refractivity contribution in [3.63, 3.8) is 0 Å². The van der Waals surface area contributed by atoms with Gasteiger partial charge in [-0.25, -0.2) is 32.5 Å². The first kappa shape index (κ1) is 114. The molecule has 0 radical (unpaired) electrons. The third-order valence-corrected chi connectivity index (χ3v) is 23.2. The summed E-state index contributed by atoms with van der Waals surface area (Å²) in [7, 11) is 4.59. The number of aromatic nitrogens is 8. The molecule has 133 heavy (non-hydrogen) atoms. The largest absolute Gasteiger partial charge is 0.495 e. The smallest absolute Gasteiger partial charge is 0.342 e. The summed E-state index contributed by atoms with van der Waals surface area (Å²) in [5.74, 6) is 3.62. The molecule has 0 aromatic carbocycles. The van der Waals surface area contributed by atoms with E-state index < -0.39 is 24.4 Å². The van der Waals surface area contributed by atoms with Crippen molar-refractivity contribution in [2.75, 3.05) is 47.8 Å². The zero-order valence-electron chi connectivity index (χ0n) is 85.1. The van der Waals surface area contributed by atoms with E-state index in [0.717, 1.165) is 180 Å². The minimum absolute atomic E-state index is 0.00637. The minimum Gasteiger partial charge on any atom is -0.495 e. The van der Waals surface area contributed by atoms with Gasteiger partial charge < -0.3 is 47.4 Å². The van der Waals surface area contributed by atoms with Crippen LogP contribution in [0.3, 0.4) is 0 Å². The Morgan fingerprint density at radius 2 is 0.835 bits per heavy atom. The van der Waals surface area contributed by atoms with Crippen molar-refractivity contribution >= 4 is 11.6 Å². The number of hydrogen-bond acceptors (Lipinski definition) is 18. The number of alkyl halides is 6. The van der Waals surface area contributed by atoms with Crippen LogP contribution < -0.4 is 42.6 Å². The zero-order valence-corrected chi connectivity index (χ0v) is 85.9. The Morgan fingerprint density at radius 1 is 0.429 bits per heavy atom. The number of halogens is 7. The van der Waals surface area contributed by atoms with E-state index in [1.54, 1.807) is 26.5 Å². The van der Waals surface area contributed by atoms with Gasteiger partial charge in [0.1, 0.15) is 46.5 Å². The van der Waals surface area contributed by atoms with E-state index in [1.807, 2.05) is 91.9 Å². The summed E-state index contributed by atoms with van der Waals surface area (Å²) in [5.41, 5.74) is 15.0. The van der Waals surface area contributed by atoms with E-state index in [4.69, 9.17) is 64.0 Å². The fourth-order valence-corrected chi connectivity index (χ4v) is 14.0. The van der Waals surface area contributed by atoms with E-state index in [9.17, 15) is 26.3 Å². The van der Waals surface area contributed by atoms with E-state index in [2.05, 4.69) is 219 Å². The van der Waals surface area contributed by atoms with Gasteiger partial charge in [0, 0.05) is 90.8 Å². The van der Waals surface area contributed by atoms with Crippen LogP contribution >= 0.6 is 11.6 Å². The van der Waals surface area contributed by atoms with Crippen molar-refractivity contribution in [2.24, 2.45) is 17.8 Å². The summed E-state index contributed by atoms with van der Waals surface area (Å²) in [6.07, 6.45) is 18.9. The molecule has 0 aliphatic heterocycles. The zero-order chi connectivity index (χ0) is 99.0. The van der Waals surface area contributed by atoms with Crippen LogP contribution in [0.1, 0.15) is 351 Å². The first-order valence-electron chi connectivity index (χ1n) is 48.0. The van der Waals surface area contributed by atoms with Crippen molar-refractivity contribution in [1.82, 2.24) is 39.9 Å². The summed E-state index contributed by atoms with van der Waals surface area (Å²) in [6, 6.07) is 27.4. The Kier molecular flexibility index (Phi) is 49.4. The van der Waals surface area contributed by atoms with Crippen LogP contribution in [0, 0.1) is 31.6 Å². The molecule has 12 rings (SSSR count). The van der Waals surface area contributed by atoms with Crippen LogP contribution in [0.4, 0.5) is 26.3 Å².